The van der Waals surface area contributed by atoms with Gasteiger partial charge in [0.2, 0.25) is 0 Å². The minimum absolute atomic E-state index is 0.0290. The van der Waals surface area contributed by atoms with Crippen LogP contribution in [0, 0.1) is 5.92 Å². The van der Waals surface area contributed by atoms with Gasteiger partial charge in [0.15, 0.2) is 11.5 Å². The lowest BCUT2D eigenvalue weighted by atomic mass is 10.1. The Morgan fingerprint density at radius 1 is 1.39 bits per heavy atom. The summed E-state index contributed by atoms with van der Waals surface area (Å²) >= 11 is 1.38. The molecule has 0 radical (unpaired) electrons. The Balaban J connectivity index is 3.18. The summed E-state index contributed by atoms with van der Waals surface area (Å²) in [5, 5.41) is 4.04. The smallest absolute Gasteiger partial charge is 0.177 e. The maximum absolute atomic E-state index is 12.1. The van der Waals surface area contributed by atoms with E-state index >= 15 is 0 Å². The summed E-state index contributed by atoms with van der Waals surface area (Å²) in [6, 6.07) is 0. The molecule has 0 bridgehead atoms. The van der Waals surface area contributed by atoms with Crippen molar-refractivity contribution < 1.29 is 9.53 Å². The fraction of sp³-hybridized carbons (Fsp3) is 0.615. The van der Waals surface area contributed by atoms with E-state index in [-0.39, 0.29) is 17.8 Å². The zero-order valence-corrected chi connectivity index (χ0v) is 12.5. The molecule has 18 heavy (non-hydrogen) atoms. The van der Waals surface area contributed by atoms with E-state index in [4.69, 9.17) is 10.5 Å². The Bertz CT molecular complexity index is 425. The average molecular weight is 270 g/mol. The zero-order valence-electron chi connectivity index (χ0n) is 11.7. The molecule has 1 aromatic heterocycles. The van der Waals surface area contributed by atoms with Crippen molar-refractivity contribution in [1.82, 2.24) is 0 Å². The molecule has 0 atom stereocenters. The van der Waals surface area contributed by atoms with E-state index in [9.17, 15) is 4.79 Å². The number of ether oxygens (including phenoxy) is 1. The maximum Gasteiger partial charge on any atom is 0.177 e. The number of hydrogen-bond acceptors (Lipinski definition) is 5. The Morgan fingerprint density at radius 2 is 2.00 bits per heavy atom. The monoisotopic (exact) mass is 270 g/mol. The van der Waals surface area contributed by atoms with Crippen molar-refractivity contribution in [3.8, 4) is 5.75 Å². The molecule has 4 nitrogen and oxygen atoms in total. The molecule has 0 spiro atoms. The number of hydrogen-bond donors (Lipinski definition) is 2. The van der Waals surface area contributed by atoms with Gasteiger partial charge in [-0.2, -0.15) is 0 Å². The summed E-state index contributed by atoms with van der Waals surface area (Å²) in [6.45, 7) is 10.4. The minimum atomic E-state index is -0.0627. The molecule has 0 unspecified atom stereocenters. The summed E-state index contributed by atoms with van der Waals surface area (Å²) in [5.41, 5.74) is 6.51. The first-order chi connectivity index (χ1) is 8.38. The van der Waals surface area contributed by atoms with E-state index in [1.165, 1.54) is 11.3 Å². The van der Waals surface area contributed by atoms with Gasteiger partial charge in [-0.05, 0) is 20.8 Å². The Kier molecular flexibility index (Phi) is 5.02. The van der Waals surface area contributed by atoms with Gasteiger partial charge in [0.1, 0.15) is 5.00 Å². The van der Waals surface area contributed by atoms with Gasteiger partial charge in [-0.3, -0.25) is 4.79 Å². The molecular weight excluding hydrogens is 248 g/mol. The maximum atomic E-state index is 12.1. The first-order valence-corrected chi connectivity index (χ1v) is 7.07. The second-order valence-electron chi connectivity index (χ2n) is 4.72. The minimum Gasteiger partial charge on any atom is -0.486 e. The van der Waals surface area contributed by atoms with Gasteiger partial charge in [0, 0.05) is 12.5 Å². The molecule has 0 aliphatic carbocycles. The SMILES string of the molecule is CCNc1sc(C(=O)C(C)C)c(N)c1OC(C)C. The molecule has 1 heterocycles. The molecular formula is C13H22N2O2S. The molecule has 0 aliphatic rings. The average Bonchev–Trinajstić information content (AvgIpc) is 2.56. The predicted molar refractivity (Wildman–Crippen MR) is 77.8 cm³/mol. The van der Waals surface area contributed by atoms with Gasteiger partial charge in [-0.15, -0.1) is 11.3 Å². The quantitative estimate of drug-likeness (QED) is 0.778. The molecule has 0 aliphatic heterocycles. The van der Waals surface area contributed by atoms with Gasteiger partial charge in [0.05, 0.1) is 16.7 Å². The highest BCUT2D eigenvalue weighted by Crippen LogP contribution is 2.43. The molecule has 0 saturated heterocycles. The van der Waals surface area contributed by atoms with Gasteiger partial charge < -0.3 is 15.8 Å². The summed E-state index contributed by atoms with van der Waals surface area (Å²) < 4.78 is 5.71. The lowest BCUT2D eigenvalue weighted by Gasteiger charge is -2.12. The lowest BCUT2D eigenvalue weighted by molar-refractivity contribution is 0.0944. The largest absolute Gasteiger partial charge is 0.486 e. The van der Waals surface area contributed by atoms with Crippen molar-refractivity contribution in [2.45, 2.75) is 40.7 Å². The number of nitrogen functional groups attached to an aromatic ring is 1. The summed E-state index contributed by atoms with van der Waals surface area (Å²) in [6.07, 6.45) is 0.0290. The van der Waals surface area contributed by atoms with E-state index in [0.29, 0.717) is 16.3 Å². The highest BCUT2D eigenvalue weighted by Gasteiger charge is 2.24. The normalized spacial score (nSPS) is 11.1. The molecule has 0 fully saturated rings. The highest BCUT2D eigenvalue weighted by molar-refractivity contribution is 7.19. The number of carbonyl (C=O) groups is 1. The van der Waals surface area contributed by atoms with Crippen LogP contribution in [0.2, 0.25) is 0 Å². The van der Waals surface area contributed by atoms with Crippen LogP contribution < -0.4 is 15.8 Å². The second-order valence-corrected chi connectivity index (χ2v) is 5.74. The molecule has 0 aromatic carbocycles. The summed E-state index contributed by atoms with van der Waals surface area (Å²) in [7, 11) is 0. The first kappa shape index (κ1) is 14.8. The highest BCUT2D eigenvalue weighted by atomic mass is 32.1. The molecule has 0 amide bonds. The molecule has 0 saturated carbocycles. The van der Waals surface area contributed by atoms with Crippen LogP contribution in [0.5, 0.6) is 5.75 Å². The number of nitrogens with two attached hydrogens (primary N) is 1. The molecule has 1 aromatic rings. The topological polar surface area (TPSA) is 64.4 Å². The predicted octanol–water partition coefficient (Wildman–Crippen LogP) is 3.39. The number of nitrogens with one attached hydrogen (secondary N) is 1. The zero-order chi connectivity index (χ0) is 13.9. The van der Waals surface area contributed by atoms with Crippen molar-refractivity contribution in [2.75, 3.05) is 17.6 Å². The number of ketones is 1. The standard InChI is InChI=1S/C13H22N2O2S/c1-6-15-13-11(17-8(4)5)9(14)12(18-13)10(16)7(2)3/h7-8,15H,6,14H2,1-5H3. The van der Waals surface area contributed by atoms with Crippen LogP contribution in [0.15, 0.2) is 0 Å². The molecule has 102 valence electrons. The van der Waals surface area contributed by atoms with Gasteiger partial charge in [-0.25, -0.2) is 0 Å². The number of anilines is 2. The van der Waals surface area contributed by atoms with Crippen LogP contribution in [0.25, 0.3) is 0 Å². The van der Waals surface area contributed by atoms with Gasteiger partial charge in [0.25, 0.3) is 0 Å². The Morgan fingerprint density at radius 3 is 2.44 bits per heavy atom. The van der Waals surface area contributed by atoms with Crippen molar-refractivity contribution in [3.63, 3.8) is 0 Å². The fourth-order valence-electron chi connectivity index (χ4n) is 1.50. The van der Waals surface area contributed by atoms with Crippen molar-refractivity contribution in [3.05, 3.63) is 4.88 Å². The van der Waals surface area contributed by atoms with E-state index in [0.717, 1.165) is 11.5 Å². The summed E-state index contributed by atoms with van der Waals surface area (Å²) in [5.74, 6) is 0.614. The van der Waals surface area contributed by atoms with Crippen LogP contribution >= 0.6 is 11.3 Å². The molecule has 5 heteroatoms. The van der Waals surface area contributed by atoms with Crippen LogP contribution in [0.1, 0.15) is 44.3 Å². The van der Waals surface area contributed by atoms with Crippen LogP contribution in [0.4, 0.5) is 10.7 Å². The van der Waals surface area contributed by atoms with Crippen LogP contribution in [-0.4, -0.2) is 18.4 Å². The molecule has 1 rings (SSSR count). The number of thiophene rings is 1. The Labute approximate surface area is 113 Å². The fourth-order valence-corrected chi connectivity index (χ4v) is 2.71. The number of Topliss-reactive ketones (excluding diaryl/α,β-unsaturated/α-hetero) is 1. The van der Waals surface area contributed by atoms with E-state index in [2.05, 4.69) is 5.32 Å². The lowest BCUT2D eigenvalue weighted by Crippen LogP contribution is -2.10. The van der Waals surface area contributed by atoms with Gasteiger partial charge >= 0.3 is 0 Å². The third kappa shape index (κ3) is 3.16. The molecule has 3 N–H and O–H groups in total. The third-order valence-corrected chi connectivity index (χ3v) is 3.50. The number of rotatable bonds is 6. The Hall–Kier alpha value is -1.23. The van der Waals surface area contributed by atoms with Crippen LogP contribution in [-0.2, 0) is 0 Å². The van der Waals surface area contributed by atoms with Crippen molar-refractivity contribution in [2.24, 2.45) is 5.92 Å². The summed E-state index contributed by atoms with van der Waals surface area (Å²) in [4.78, 5) is 12.7. The number of carbonyl (C=O) groups excluding carboxylic acids is 1. The van der Waals surface area contributed by atoms with E-state index in [1.54, 1.807) is 0 Å². The first-order valence-electron chi connectivity index (χ1n) is 6.25. The van der Waals surface area contributed by atoms with Crippen molar-refractivity contribution >= 4 is 27.8 Å². The van der Waals surface area contributed by atoms with Crippen LogP contribution in [0.3, 0.4) is 0 Å². The van der Waals surface area contributed by atoms with Gasteiger partial charge in [-0.1, -0.05) is 13.8 Å². The second kappa shape index (κ2) is 6.09. The van der Waals surface area contributed by atoms with E-state index in [1.807, 2.05) is 34.6 Å². The van der Waals surface area contributed by atoms with E-state index < -0.39 is 0 Å². The third-order valence-electron chi connectivity index (χ3n) is 2.34. The van der Waals surface area contributed by atoms with Crippen molar-refractivity contribution in [1.29, 1.82) is 0 Å².